The number of hydrogen-bond acceptors (Lipinski definition) is 3. The van der Waals surface area contributed by atoms with Crippen molar-refractivity contribution in [1.29, 1.82) is 0 Å². The molecule has 0 aromatic rings. The van der Waals surface area contributed by atoms with Crippen molar-refractivity contribution in [1.82, 2.24) is 5.32 Å². The number of carbonyl (C=O) groups is 1. The van der Waals surface area contributed by atoms with Gasteiger partial charge in [0.2, 0.25) is 0 Å². The van der Waals surface area contributed by atoms with Gasteiger partial charge >= 0.3 is 0 Å². The molecule has 2 atom stereocenters. The predicted molar refractivity (Wildman–Crippen MR) is 51.3 cm³/mol. The molecule has 1 spiro atoms. The van der Waals surface area contributed by atoms with E-state index in [4.69, 9.17) is 5.73 Å². The molecular formula is C10H18N2O. The summed E-state index contributed by atoms with van der Waals surface area (Å²) in [7, 11) is 0. The third kappa shape index (κ3) is 1.30. The molecular weight excluding hydrogens is 164 g/mol. The second-order valence-corrected chi connectivity index (χ2v) is 4.57. The van der Waals surface area contributed by atoms with Gasteiger partial charge in [0, 0.05) is 18.4 Å². The van der Waals surface area contributed by atoms with Gasteiger partial charge in [-0.2, -0.15) is 0 Å². The zero-order valence-electron chi connectivity index (χ0n) is 8.18. The second-order valence-electron chi connectivity index (χ2n) is 4.57. The Kier molecular flexibility index (Phi) is 2.16. The lowest BCUT2D eigenvalue weighted by atomic mass is 9.74. The monoisotopic (exact) mass is 182 g/mol. The van der Waals surface area contributed by atoms with Gasteiger partial charge in [0.05, 0.1) is 0 Å². The van der Waals surface area contributed by atoms with Crippen molar-refractivity contribution in [3.05, 3.63) is 0 Å². The number of nitrogens with two attached hydrogens (primary N) is 1. The van der Waals surface area contributed by atoms with Crippen molar-refractivity contribution in [2.75, 3.05) is 13.1 Å². The van der Waals surface area contributed by atoms with E-state index < -0.39 is 0 Å². The zero-order valence-corrected chi connectivity index (χ0v) is 8.18. The van der Waals surface area contributed by atoms with Crippen molar-refractivity contribution in [2.24, 2.45) is 17.1 Å². The first kappa shape index (κ1) is 9.16. The van der Waals surface area contributed by atoms with Crippen LogP contribution >= 0.6 is 0 Å². The van der Waals surface area contributed by atoms with Crippen molar-refractivity contribution in [3.63, 3.8) is 0 Å². The number of rotatable bonds is 0. The maximum atomic E-state index is 11.6. The molecule has 0 amide bonds. The highest BCUT2D eigenvalue weighted by Gasteiger charge is 2.49. The number of Topliss-reactive ketones (excluding diaryl/α,β-unsaturated/α-hetero) is 1. The number of ketones is 1. The molecule has 1 saturated carbocycles. The summed E-state index contributed by atoms with van der Waals surface area (Å²) in [6.07, 6.45) is 2.87. The summed E-state index contributed by atoms with van der Waals surface area (Å²) in [5.41, 5.74) is 6.27. The van der Waals surface area contributed by atoms with E-state index in [0.29, 0.717) is 5.78 Å². The topological polar surface area (TPSA) is 55.1 Å². The fraction of sp³-hybridized carbons (Fsp3) is 0.900. The van der Waals surface area contributed by atoms with Gasteiger partial charge in [0.25, 0.3) is 0 Å². The highest BCUT2D eigenvalue weighted by atomic mass is 16.1. The van der Waals surface area contributed by atoms with Crippen LogP contribution in [0.5, 0.6) is 0 Å². The SMILES string of the molecule is C[C@@H]1C(=O)CC2(CCNCC2)[C@H]1N. The summed E-state index contributed by atoms with van der Waals surface area (Å²) in [6.45, 7) is 4.02. The predicted octanol–water partition coefficient (Wildman–Crippen LogP) is 0.292. The molecule has 2 fully saturated rings. The standard InChI is InChI=1S/C10H18N2O/c1-7-8(13)6-10(9(7)11)2-4-12-5-3-10/h7,9,12H,2-6,11H2,1H3/t7-,9+/m1/s1. The Labute approximate surface area is 79.1 Å². The minimum Gasteiger partial charge on any atom is -0.327 e. The molecule has 2 aliphatic rings. The average molecular weight is 182 g/mol. The van der Waals surface area contributed by atoms with Gasteiger partial charge in [-0.3, -0.25) is 4.79 Å². The Bertz CT molecular complexity index is 221. The smallest absolute Gasteiger partial charge is 0.137 e. The highest BCUT2D eigenvalue weighted by Crippen LogP contribution is 2.44. The van der Waals surface area contributed by atoms with Crippen LogP contribution in [0.3, 0.4) is 0 Å². The molecule has 0 radical (unpaired) electrons. The van der Waals surface area contributed by atoms with Crippen LogP contribution in [0, 0.1) is 11.3 Å². The first-order chi connectivity index (χ1) is 6.16. The summed E-state index contributed by atoms with van der Waals surface area (Å²) in [6, 6.07) is 0.0992. The van der Waals surface area contributed by atoms with Crippen LogP contribution < -0.4 is 11.1 Å². The maximum absolute atomic E-state index is 11.6. The first-order valence-corrected chi connectivity index (χ1v) is 5.15. The lowest BCUT2D eigenvalue weighted by Crippen LogP contribution is -2.46. The van der Waals surface area contributed by atoms with Crippen molar-refractivity contribution in [3.8, 4) is 0 Å². The van der Waals surface area contributed by atoms with Crippen LogP contribution in [0.15, 0.2) is 0 Å². The molecule has 0 aromatic heterocycles. The summed E-state index contributed by atoms with van der Waals surface area (Å²) in [5.74, 6) is 0.451. The number of hydrogen-bond donors (Lipinski definition) is 2. The van der Waals surface area contributed by atoms with E-state index in [9.17, 15) is 4.79 Å². The van der Waals surface area contributed by atoms with Crippen LogP contribution in [-0.4, -0.2) is 24.9 Å². The van der Waals surface area contributed by atoms with Crippen molar-refractivity contribution < 1.29 is 4.79 Å². The minimum atomic E-state index is 0.0816. The zero-order chi connectivity index (χ0) is 9.47. The largest absolute Gasteiger partial charge is 0.327 e. The summed E-state index contributed by atoms with van der Waals surface area (Å²) in [4.78, 5) is 11.6. The van der Waals surface area contributed by atoms with Gasteiger partial charge in [-0.05, 0) is 31.3 Å². The van der Waals surface area contributed by atoms with Crippen molar-refractivity contribution in [2.45, 2.75) is 32.2 Å². The molecule has 74 valence electrons. The van der Waals surface area contributed by atoms with Gasteiger partial charge in [-0.1, -0.05) is 6.92 Å². The second kappa shape index (κ2) is 3.07. The number of piperidine rings is 1. The van der Waals surface area contributed by atoms with Crippen LogP contribution in [-0.2, 0) is 4.79 Å². The Balaban J connectivity index is 2.18. The summed E-state index contributed by atoms with van der Waals surface area (Å²) in [5, 5.41) is 3.32. The molecule has 0 unspecified atom stereocenters. The van der Waals surface area contributed by atoms with Gasteiger partial charge in [0.15, 0.2) is 0 Å². The Morgan fingerprint density at radius 1 is 1.46 bits per heavy atom. The van der Waals surface area contributed by atoms with E-state index >= 15 is 0 Å². The van der Waals surface area contributed by atoms with Crippen LogP contribution in [0.4, 0.5) is 0 Å². The van der Waals surface area contributed by atoms with Gasteiger partial charge in [-0.25, -0.2) is 0 Å². The van der Waals surface area contributed by atoms with Crippen molar-refractivity contribution >= 4 is 5.78 Å². The normalized spacial score (nSPS) is 38.5. The number of carbonyl (C=O) groups excluding carboxylic acids is 1. The third-order valence-electron chi connectivity index (χ3n) is 3.88. The molecule has 3 heteroatoms. The molecule has 1 aliphatic carbocycles. The maximum Gasteiger partial charge on any atom is 0.137 e. The molecule has 1 saturated heterocycles. The van der Waals surface area contributed by atoms with E-state index in [0.717, 1.165) is 32.4 Å². The van der Waals surface area contributed by atoms with Crippen LogP contribution in [0.25, 0.3) is 0 Å². The average Bonchev–Trinajstić information content (AvgIpc) is 2.33. The highest BCUT2D eigenvalue weighted by molar-refractivity contribution is 5.85. The summed E-state index contributed by atoms with van der Waals surface area (Å²) < 4.78 is 0. The van der Waals surface area contributed by atoms with Crippen LogP contribution in [0.1, 0.15) is 26.2 Å². The molecule has 0 aromatic carbocycles. The molecule has 3 N–H and O–H groups in total. The van der Waals surface area contributed by atoms with E-state index in [2.05, 4.69) is 5.32 Å². The molecule has 2 rings (SSSR count). The number of nitrogens with one attached hydrogen (secondary N) is 1. The van der Waals surface area contributed by atoms with E-state index in [-0.39, 0.29) is 17.4 Å². The first-order valence-electron chi connectivity index (χ1n) is 5.15. The fourth-order valence-electron chi connectivity index (χ4n) is 2.79. The lowest BCUT2D eigenvalue weighted by Gasteiger charge is -2.37. The molecule has 3 nitrogen and oxygen atoms in total. The van der Waals surface area contributed by atoms with Gasteiger partial charge < -0.3 is 11.1 Å². The summed E-state index contributed by atoms with van der Waals surface area (Å²) >= 11 is 0. The van der Waals surface area contributed by atoms with E-state index in [1.54, 1.807) is 0 Å². The van der Waals surface area contributed by atoms with Crippen LogP contribution in [0.2, 0.25) is 0 Å². The minimum absolute atomic E-state index is 0.0816. The van der Waals surface area contributed by atoms with Gasteiger partial charge in [0.1, 0.15) is 5.78 Å². The fourth-order valence-corrected chi connectivity index (χ4v) is 2.79. The van der Waals surface area contributed by atoms with Gasteiger partial charge in [-0.15, -0.1) is 0 Å². The molecule has 1 aliphatic heterocycles. The third-order valence-corrected chi connectivity index (χ3v) is 3.88. The Morgan fingerprint density at radius 3 is 2.54 bits per heavy atom. The molecule has 13 heavy (non-hydrogen) atoms. The van der Waals surface area contributed by atoms with E-state index in [1.807, 2.05) is 6.92 Å². The Morgan fingerprint density at radius 2 is 2.08 bits per heavy atom. The quantitative estimate of drug-likeness (QED) is 0.566. The lowest BCUT2D eigenvalue weighted by molar-refractivity contribution is -0.120. The molecule has 1 heterocycles. The van der Waals surface area contributed by atoms with E-state index in [1.165, 1.54) is 0 Å². The Hall–Kier alpha value is -0.410. The molecule has 0 bridgehead atoms.